The fourth-order valence-corrected chi connectivity index (χ4v) is 1.64. The molecule has 0 unspecified atom stereocenters. The molecule has 1 aromatic rings. The summed E-state index contributed by atoms with van der Waals surface area (Å²) in [5, 5.41) is 9.28. The lowest BCUT2D eigenvalue weighted by atomic mass is 10.2. The van der Waals surface area contributed by atoms with E-state index < -0.39 is 17.7 Å². The number of carbonyl (C=O) groups excluding carboxylic acids is 1. The van der Waals surface area contributed by atoms with Gasteiger partial charge in [-0.25, -0.2) is 9.78 Å². The Morgan fingerprint density at radius 2 is 2.16 bits per heavy atom. The Labute approximate surface area is 121 Å². The molecule has 0 fully saturated rings. The normalized spacial score (nSPS) is 12.9. The number of ether oxygens (including phenoxy) is 1. The van der Waals surface area contributed by atoms with E-state index in [-0.39, 0.29) is 6.61 Å². The van der Waals surface area contributed by atoms with Crippen LogP contribution in [0.25, 0.3) is 0 Å². The van der Waals surface area contributed by atoms with Crippen LogP contribution in [0.3, 0.4) is 0 Å². The first-order valence-electron chi connectivity index (χ1n) is 5.99. The van der Waals surface area contributed by atoms with E-state index >= 15 is 0 Å². The summed E-state index contributed by atoms with van der Waals surface area (Å²) < 4.78 is 6.15. The number of hydrogen-bond acceptors (Lipinski definition) is 4. The van der Waals surface area contributed by atoms with Gasteiger partial charge in [0.15, 0.2) is 0 Å². The molecule has 0 spiro atoms. The van der Waals surface area contributed by atoms with Gasteiger partial charge < -0.3 is 9.84 Å². The minimum atomic E-state index is -0.597. The molecule has 0 aliphatic carbocycles. The average Bonchev–Trinajstić information content (AvgIpc) is 2.29. The summed E-state index contributed by atoms with van der Waals surface area (Å²) in [6, 6.07) is 3.06. The largest absolute Gasteiger partial charge is 0.443 e. The van der Waals surface area contributed by atoms with E-state index in [1.165, 1.54) is 4.90 Å². The van der Waals surface area contributed by atoms with Crippen molar-refractivity contribution in [3.63, 3.8) is 0 Å². The Morgan fingerprint density at radius 3 is 2.58 bits per heavy atom. The van der Waals surface area contributed by atoms with Crippen LogP contribution in [0.5, 0.6) is 0 Å². The fourth-order valence-electron chi connectivity index (χ4n) is 1.40. The highest BCUT2D eigenvalue weighted by molar-refractivity contribution is 9.10. The van der Waals surface area contributed by atoms with Crippen LogP contribution in [0.1, 0.15) is 27.7 Å². The standard InChI is InChI=1S/C13H19BrN2O3/c1-9(8-17)16(12(18)19-13(2,3)4)11-6-5-10(14)7-15-11/h5-7,9,17H,8H2,1-4H3/t9-/m0/s1. The van der Waals surface area contributed by atoms with Gasteiger partial charge in [-0.2, -0.15) is 0 Å². The number of hydrogen-bond donors (Lipinski definition) is 1. The molecule has 106 valence electrons. The summed E-state index contributed by atoms with van der Waals surface area (Å²) in [4.78, 5) is 17.7. The highest BCUT2D eigenvalue weighted by Crippen LogP contribution is 2.20. The second-order valence-corrected chi connectivity index (χ2v) is 6.13. The first-order valence-corrected chi connectivity index (χ1v) is 6.78. The van der Waals surface area contributed by atoms with E-state index in [1.54, 1.807) is 46.0 Å². The quantitative estimate of drug-likeness (QED) is 0.925. The lowest BCUT2D eigenvalue weighted by Gasteiger charge is -2.30. The molecule has 1 N–H and O–H groups in total. The van der Waals surface area contributed by atoms with E-state index in [9.17, 15) is 9.90 Å². The summed E-state index contributed by atoms with van der Waals surface area (Å²) in [6.45, 7) is 6.94. The molecular weight excluding hydrogens is 312 g/mol. The molecule has 19 heavy (non-hydrogen) atoms. The SMILES string of the molecule is C[C@@H](CO)N(C(=O)OC(C)(C)C)c1ccc(Br)cn1. The van der Waals surface area contributed by atoms with E-state index in [4.69, 9.17) is 4.74 Å². The average molecular weight is 331 g/mol. The van der Waals surface area contributed by atoms with Crippen LogP contribution in [-0.2, 0) is 4.74 Å². The van der Waals surface area contributed by atoms with E-state index in [1.807, 2.05) is 0 Å². The number of amides is 1. The van der Waals surface area contributed by atoms with Gasteiger partial charge in [-0.05, 0) is 55.8 Å². The van der Waals surface area contributed by atoms with Crippen LogP contribution in [0.2, 0.25) is 0 Å². The zero-order valence-electron chi connectivity index (χ0n) is 11.6. The molecule has 6 heteroatoms. The molecular formula is C13H19BrN2O3. The molecule has 1 rings (SSSR count). The Bertz CT molecular complexity index is 429. The van der Waals surface area contributed by atoms with Crippen molar-refractivity contribution in [3.05, 3.63) is 22.8 Å². The van der Waals surface area contributed by atoms with Gasteiger partial charge in [-0.3, -0.25) is 4.90 Å². The molecule has 0 aliphatic heterocycles. The number of aliphatic hydroxyl groups excluding tert-OH is 1. The van der Waals surface area contributed by atoms with Gasteiger partial charge in [0.25, 0.3) is 0 Å². The zero-order valence-corrected chi connectivity index (χ0v) is 13.1. The molecule has 5 nitrogen and oxygen atoms in total. The smallest absolute Gasteiger partial charge is 0.416 e. The monoisotopic (exact) mass is 330 g/mol. The van der Waals surface area contributed by atoms with Crippen LogP contribution in [0, 0.1) is 0 Å². The van der Waals surface area contributed by atoms with Crippen molar-refractivity contribution in [1.29, 1.82) is 0 Å². The third-order valence-electron chi connectivity index (χ3n) is 2.25. The summed E-state index contributed by atoms with van der Waals surface area (Å²) in [6.07, 6.45) is 1.07. The molecule has 0 saturated heterocycles. The molecule has 0 aromatic carbocycles. The molecule has 0 radical (unpaired) electrons. The lowest BCUT2D eigenvalue weighted by molar-refractivity contribution is 0.0554. The summed E-state index contributed by atoms with van der Waals surface area (Å²) in [7, 11) is 0. The van der Waals surface area contributed by atoms with Crippen molar-refractivity contribution < 1.29 is 14.6 Å². The first-order chi connectivity index (χ1) is 8.74. The summed E-state index contributed by atoms with van der Waals surface area (Å²) >= 11 is 3.29. The Hall–Kier alpha value is -1.14. The van der Waals surface area contributed by atoms with Crippen LogP contribution >= 0.6 is 15.9 Å². The molecule has 1 heterocycles. The number of carbonyl (C=O) groups is 1. The number of anilines is 1. The van der Waals surface area contributed by atoms with Gasteiger partial charge >= 0.3 is 6.09 Å². The maximum absolute atomic E-state index is 12.2. The van der Waals surface area contributed by atoms with Crippen molar-refractivity contribution in [2.24, 2.45) is 0 Å². The summed E-state index contributed by atoms with van der Waals surface area (Å²) in [5.74, 6) is 0.444. The second kappa shape index (κ2) is 6.34. The van der Waals surface area contributed by atoms with Gasteiger partial charge in [0.1, 0.15) is 11.4 Å². The van der Waals surface area contributed by atoms with Gasteiger partial charge in [-0.15, -0.1) is 0 Å². The highest BCUT2D eigenvalue weighted by atomic mass is 79.9. The number of aromatic nitrogens is 1. The predicted octanol–water partition coefficient (Wildman–Crippen LogP) is 2.97. The van der Waals surface area contributed by atoms with Gasteiger partial charge in [0.05, 0.1) is 12.6 Å². The molecule has 1 atom stereocenters. The second-order valence-electron chi connectivity index (χ2n) is 5.22. The molecule has 0 aliphatic rings. The van der Waals surface area contributed by atoms with Gasteiger partial charge in [-0.1, -0.05) is 0 Å². The first kappa shape index (κ1) is 15.9. The molecule has 1 amide bonds. The van der Waals surface area contributed by atoms with E-state index in [0.29, 0.717) is 5.82 Å². The minimum Gasteiger partial charge on any atom is -0.443 e. The summed E-state index contributed by atoms with van der Waals surface area (Å²) in [5.41, 5.74) is -0.597. The number of nitrogens with zero attached hydrogens (tertiary/aromatic N) is 2. The van der Waals surface area contributed by atoms with Crippen LogP contribution in [0.4, 0.5) is 10.6 Å². The fraction of sp³-hybridized carbons (Fsp3) is 0.538. The van der Waals surface area contributed by atoms with E-state index in [2.05, 4.69) is 20.9 Å². The maximum Gasteiger partial charge on any atom is 0.416 e. The minimum absolute atomic E-state index is 0.170. The third kappa shape index (κ3) is 4.80. The number of halogens is 1. The highest BCUT2D eigenvalue weighted by Gasteiger charge is 2.27. The third-order valence-corrected chi connectivity index (χ3v) is 2.72. The van der Waals surface area contributed by atoms with Crippen molar-refractivity contribution in [1.82, 2.24) is 4.98 Å². The Morgan fingerprint density at radius 1 is 1.53 bits per heavy atom. The van der Waals surface area contributed by atoms with Gasteiger partial charge in [0.2, 0.25) is 0 Å². The number of rotatable bonds is 3. The van der Waals surface area contributed by atoms with Crippen molar-refractivity contribution in [2.45, 2.75) is 39.3 Å². The molecule has 1 aromatic heterocycles. The molecule has 0 saturated carbocycles. The lowest BCUT2D eigenvalue weighted by Crippen LogP contribution is -2.44. The predicted molar refractivity (Wildman–Crippen MR) is 77.2 cm³/mol. The Balaban J connectivity index is 3.01. The molecule has 0 bridgehead atoms. The van der Waals surface area contributed by atoms with Gasteiger partial charge in [0, 0.05) is 10.7 Å². The van der Waals surface area contributed by atoms with Crippen molar-refractivity contribution in [2.75, 3.05) is 11.5 Å². The van der Waals surface area contributed by atoms with Crippen molar-refractivity contribution >= 4 is 27.8 Å². The van der Waals surface area contributed by atoms with Crippen LogP contribution in [-0.4, -0.2) is 34.4 Å². The van der Waals surface area contributed by atoms with Crippen LogP contribution < -0.4 is 4.90 Å². The maximum atomic E-state index is 12.2. The zero-order chi connectivity index (χ0) is 14.6. The van der Waals surface area contributed by atoms with Crippen molar-refractivity contribution in [3.8, 4) is 0 Å². The number of aliphatic hydroxyl groups is 1. The Kier molecular flexibility index (Phi) is 5.31. The number of pyridine rings is 1. The topological polar surface area (TPSA) is 62.7 Å². The van der Waals surface area contributed by atoms with E-state index in [0.717, 1.165) is 4.47 Å². The van der Waals surface area contributed by atoms with Crippen LogP contribution in [0.15, 0.2) is 22.8 Å².